The molecule has 1 aromatic rings. The van der Waals surface area contributed by atoms with Crippen molar-refractivity contribution in [1.29, 1.82) is 0 Å². The first kappa shape index (κ1) is 8.87. The van der Waals surface area contributed by atoms with Gasteiger partial charge in [-0.25, -0.2) is 4.79 Å². The van der Waals surface area contributed by atoms with E-state index in [0.717, 1.165) is 5.56 Å². The van der Waals surface area contributed by atoms with E-state index < -0.39 is 0 Å². The molecular formula is C10H10O4. The first-order valence-corrected chi connectivity index (χ1v) is 4.21. The predicted molar refractivity (Wildman–Crippen MR) is 48.6 cm³/mol. The fraction of sp³-hybridized carbons (Fsp3) is 0.300. The van der Waals surface area contributed by atoms with Crippen LogP contribution in [0.4, 0.5) is 0 Å². The minimum absolute atomic E-state index is 0.209. The molecule has 0 N–H and O–H groups in total. The van der Waals surface area contributed by atoms with Crippen LogP contribution in [0.25, 0.3) is 0 Å². The number of rotatable bonds is 1. The standard InChI is InChI=1S/C10H10O4/c1-6-3-7(10(11)12-2)4-8-9(6)14-5-13-8/h3-4H,5H2,1-2H3. The van der Waals surface area contributed by atoms with Gasteiger partial charge in [-0.1, -0.05) is 0 Å². The summed E-state index contributed by atoms with van der Waals surface area (Å²) in [5, 5.41) is 0. The number of esters is 1. The molecular weight excluding hydrogens is 184 g/mol. The Labute approximate surface area is 81.4 Å². The molecule has 4 heteroatoms. The van der Waals surface area contributed by atoms with Gasteiger partial charge in [-0.15, -0.1) is 0 Å². The van der Waals surface area contributed by atoms with E-state index in [9.17, 15) is 4.79 Å². The largest absolute Gasteiger partial charge is 0.465 e. The Morgan fingerprint density at radius 2 is 2.21 bits per heavy atom. The molecule has 0 aromatic heterocycles. The van der Waals surface area contributed by atoms with Crippen molar-refractivity contribution in [3.8, 4) is 11.5 Å². The normalized spacial score (nSPS) is 12.7. The van der Waals surface area contributed by atoms with E-state index in [-0.39, 0.29) is 12.8 Å². The van der Waals surface area contributed by atoms with Gasteiger partial charge in [0.2, 0.25) is 6.79 Å². The molecule has 4 nitrogen and oxygen atoms in total. The number of methoxy groups -OCH3 is 1. The summed E-state index contributed by atoms with van der Waals surface area (Å²) >= 11 is 0. The predicted octanol–water partition coefficient (Wildman–Crippen LogP) is 1.51. The van der Waals surface area contributed by atoms with Gasteiger partial charge in [0, 0.05) is 0 Å². The van der Waals surface area contributed by atoms with Crippen LogP contribution in [0, 0.1) is 6.92 Å². The van der Waals surface area contributed by atoms with Crippen molar-refractivity contribution in [1.82, 2.24) is 0 Å². The van der Waals surface area contributed by atoms with Crippen LogP contribution in [0.5, 0.6) is 11.5 Å². The van der Waals surface area contributed by atoms with E-state index >= 15 is 0 Å². The van der Waals surface area contributed by atoms with Gasteiger partial charge >= 0.3 is 5.97 Å². The Morgan fingerprint density at radius 3 is 2.93 bits per heavy atom. The molecule has 0 amide bonds. The Morgan fingerprint density at radius 1 is 1.43 bits per heavy atom. The van der Waals surface area contributed by atoms with Crippen LogP contribution in [0.3, 0.4) is 0 Å². The minimum atomic E-state index is -0.369. The van der Waals surface area contributed by atoms with Crippen molar-refractivity contribution in [3.05, 3.63) is 23.3 Å². The highest BCUT2D eigenvalue weighted by Gasteiger charge is 2.19. The van der Waals surface area contributed by atoms with Gasteiger partial charge < -0.3 is 14.2 Å². The molecule has 0 atom stereocenters. The molecule has 1 aromatic carbocycles. The van der Waals surface area contributed by atoms with Crippen molar-refractivity contribution < 1.29 is 19.0 Å². The zero-order chi connectivity index (χ0) is 10.1. The second-order valence-electron chi connectivity index (χ2n) is 3.02. The van der Waals surface area contributed by atoms with Crippen LogP contribution >= 0.6 is 0 Å². The van der Waals surface area contributed by atoms with Crippen LogP contribution in [-0.2, 0) is 4.74 Å². The maximum absolute atomic E-state index is 11.2. The smallest absolute Gasteiger partial charge is 0.337 e. The van der Waals surface area contributed by atoms with Gasteiger partial charge in [-0.05, 0) is 24.6 Å². The van der Waals surface area contributed by atoms with Crippen molar-refractivity contribution in [3.63, 3.8) is 0 Å². The van der Waals surface area contributed by atoms with Crippen LogP contribution in [0.1, 0.15) is 15.9 Å². The second kappa shape index (κ2) is 3.21. The van der Waals surface area contributed by atoms with Crippen molar-refractivity contribution in [2.24, 2.45) is 0 Å². The Balaban J connectivity index is 2.46. The van der Waals surface area contributed by atoms with Crippen LogP contribution in [0.15, 0.2) is 12.1 Å². The van der Waals surface area contributed by atoms with Gasteiger partial charge in [-0.3, -0.25) is 0 Å². The van der Waals surface area contributed by atoms with Gasteiger partial charge in [0.15, 0.2) is 11.5 Å². The third-order valence-corrected chi connectivity index (χ3v) is 2.08. The maximum Gasteiger partial charge on any atom is 0.337 e. The third-order valence-electron chi connectivity index (χ3n) is 2.08. The molecule has 1 aliphatic heterocycles. The second-order valence-corrected chi connectivity index (χ2v) is 3.02. The molecule has 0 fully saturated rings. The van der Waals surface area contributed by atoms with Crippen molar-refractivity contribution >= 4 is 5.97 Å². The van der Waals surface area contributed by atoms with E-state index in [1.165, 1.54) is 7.11 Å². The molecule has 2 rings (SSSR count). The Hall–Kier alpha value is -1.71. The molecule has 0 radical (unpaired) electrons. The first-order chi connectivity index (χ1) is 6.72. The molecule has 0 saturated carbocycles. The molecule has 0 aliphatic carbocycles. The number of carbonyl (C=O) groups excluding carboxylic acids is 1. The highest BCUT2D eigenvalue weighted by molar-refractivity contribution is 5.90. The van der Waals surface area contributed by atoms with Crippen LogP contribution in [0.2, 0.25) is 0 Å². The van der Waals surface area contributed by atoms with E-state index in [0.29, 0.717) is 17.1 Å². The summed E-state index contributed by atoms with van der Waals surface area (Å²) in [7, 11) is 1.35. The SMILES string of the molecule is COC(=O)c1cc(C)c2c(c1)OCO2. The maximum atomic E-state index is 11.2. The first-order valence-electron chi connectivity index (χ1n) is 4.21. The lowest BCUT2D eigenvalue weighted by Gasteiger charge is -2.03. The van der Waals surface area contributed by atoms with Gasteiger partial charge in [0.25, 0.3) is 0 Å². The number of carbonyl (C=O) groups is 1. The van der Waals surface area contributed by atoms with E-state index in [2.05, 4.69) is 4.74 Å². The lowest BCUT2D eigenvalue weighted by molar-refractivity contribution is 0.0600. The fourth-order valence-corrected chi connectivity index (χ4v) is 1.42. The summed E-state index contributed by atoms with van der Waals surface area (Å²) in [6.45, 7) is 2.07. The monoisotopic (exact) mass is 194 g/mol. The Kier molecular flexibility index (Phi) is 2.04. The molecule has 0 saturated heterocycles. The molecule has 1 heterocycles. The third kappa shape index (κ3) is 1.28. The van der Waals surface area contributed by atoms with Gasteiger partial charge in [0.1, 0.15) is 0 Å². The zero-order valence-electron chi connectivity index (χ0n) is 7.99. The lowest BCUT2D eigenvalue weighted by Crippen LogP contribution is -2.01. The summed E-state index contributed by atoms with van der Waals surface area (Å²) in [5.74, 6) is 0.939. The molecule has 74 valence electrons. The summed E-state index contributed by atoms with van der Waals surface area (Å²) in [6, 6.07) is 3.35. The summed E-state index contributed by atoms with van der Waals surface area (Å²) in [5.41, 5.74) is 1.36. The fourth-order valence-electron chi connectivity index (χ4n) is 1.42. The average Bonchev–Trinajstić information content (AvgIpc) is 2.64. The number of ether oxygens (including phenoxy) is 3. The molecule has 0 unspecified atom stereocenters. The van der Waals surface area contributed by atoms with Gasteiger partial charge in [0.05, 0.1) is 12.7 Å². The van der Waals surface area contributed by atoms with E-state index in [1.807, 2.05) is 6.92 Å². The number of benzene rings is 1. The zero-order valence-corrected chi connectivity index (χ0v) is 7.99. The Bertz CT molecular complexity index is 384. The number of hydrogen-bond acceptors (Lipinski definition) is 4. The number of fused-ring (bicyclic) bond motifs is 1. The molecule has 0 spiro atoms. The summed E-state index contributed by atoms with van der Waals surface area (Å²) in [4.78, 5) is 11.2. The van der Waals surface area contributed by atoms with Crippen molar-refractivity contribution in [2.45, 2.75) is 6.92 Å². The molecule has 0 bridgehead atoms. The number of aryl methyl sites for hydroxylation is 1. The average molecular weight is 194 g/mol. The highest BCUT2D eigenvalue weighted by Crippen LogP contribution is 2.36. The molecule has 1 aliphatic rings. The quantitative estimate of drug-likeness (QED) is 0.635. The molecule has 14 heavy (non-hydrogen) atoms. The lowest BCUT2D eigenvalue weighted by atomic mass is 10.1. The van der Waals surface area contributed by atoms with Crippen LogP contribution < -0.4 is 9.47 Å². The summed E-state index contributed by atoms with van der Waals surface area (Å²) in [6.07, 6.45) is 0. The van der Waals surface area contributed by atoms with Crippen LogP contribution in [-0.4, -0.2) is 19.9 Å². The van der Waals surface area contributed by atoms with E-state index in [4.69, 9.17) is 9.47 Å². The van der Waals surface area contributed by atoms with Gasteiger partial charge in [-0.2, -0.15) is 0 Å². The van der Waals surface area contributed by atoms with Crippen molar-refractivity contribution in [2.75, 3.05) is 13.9 Å². The minimum Gasteiger partial charge on any atom is -0.465 e. The highest BCUT2D eigenvalue weighted by atomic mass is 16.7. The number of hydrogen-bond donors (Lipinski definition) is 0. The van der Waals surface area contributed by atoms with E-state index in [1.54, 1.807) is 12.1 Å². The summed E-state index contributed by atoms with van der Waals surface area (Å²) < 4.78 is 15.0. The topological polar surface area (TPSA) is 44.8 Å².